The second-order valence-corrected chi connectivity index (χ2v) is 6.61. The topological polar surface area (TPSA) is 84.7 Å². The summed E-state index contributed by atoms with van der Waals surface area (Å²) in [6.07, 6.45) is 3.33. The Morgan fingerprint density at radius 3 is 3.00 bits per heavy atom. The Bertz CT molecular complexity index is 735. The Hall–Kier alpha value is -1.64. The molecule has 0 amide bonds. The number of aromatic nitrogens is 2. The molecule has 1 aliphatic heterocycles. The maximum absolute atomic E-state index is 12.7. The number of pyridine rings is 1. The third kappa shape index (κ3) is 2.74. The average molecular weight is 310 g/mol. The first-order valence-corrected chi connectivity index (χ1v) is 8.35. The van der Waals surface area contributed by atoms with Gasteiger partial charge in [0.15, 0.2) is 10.8 Å². The first kappa shape index (κ1) is 14.3. The van der Waals surface area contributed by atoms with Crippen LogP contribution in [0.5, 0.6) is 0 Å². The SMILES string of the molecule is CNc1nc2ccccn2c1S(=O)(=O)NC1CCCOC1. The number of imidazole rings is 1. The monoisotopic (exact) mass is 310 g/mol. The van der Waals surface area contributed by atoms with Crippen molar-refractivity contribution < 1.29 is 13.2 Å². The largest absolute Gasteiger partial charge is 0.380 e. The minimum absolute atomic E-state index is 0.131. The first-order valence-electron chi connectivity index (χ1n) is 6.87. The fourth-order valence-corrected chi connectivity index (χ4v) is 4.05. The molecule has 114 valence electrons. The van der Waals surface area contributed by atoms with Gasteiger partial charge in [0.05, 0.1) is 6.61 Å². The van der Waals surface area contributed by atoms with Crippen LogP contribution in [0, 0.1) is 0 Å². The average Bonchev–Trinajstić information content (AvgIpc) is 2.87. The lowest BCUT2D eigenvalue weighted by Crippen LogP contribution is -2.41. The van der Waals surface area contributed by atoms with Crippen molar-refractivity contribution in [2.24, 2.45) is 0 Å². The second kappa shape index (κ2) is 5.63. The van der Waals surface area contributed by atoms with Crippen LogP contribution in [0.2, 0.25) is 0 Å². The van der Waals surface area contributed by atoms with E-state index >= 15 is 0 Å². The van der Waals surface area contributed by atoms with Gasteiger partial charge in [-0.15, -0.1) is 0 Å². The van der Waals surface area contributed by atoms with Crippen LogP contribution in [0.4, 0.5) is 5.82 Å². The standard InChI is InChI=1S/C13H18N4O3S/c1-14-12-13(17-7-3-2-6-11(17)15-12)21(18,19)16-10-5-4-8-20-9-10/h2-3,6-7,10,14,16H,4-5,8-9H2,1H3. The van der Waals surface area contributed by atoms with Gasteiger partial charge in [-0.05, 0) is 25.0 Å². The van der Waals surface area contributed by atoms with Gasteiger partial charge in [-0.3, -0.25) is 4.40 Å². The lowest BCUT2D eigenvalue weighted by atomic mass is 10.1. The van der Waals surface area contributed by atoms with Gasteiger partial charge < -0.3 is 10.1 Å². The Balaban J connectivity index is 2.01. The molecule has 2 N–H and O–H groups in total. The van der Waals surface area contributed by atoms with Gasteiger partial charge in [0.25, 0.3) is 10.0 Å². The highest BCUT2D eigenvalue weighted by Crippen LogP contribution is 2.23. The van der Waals surface area contributed by atoms with E-state index in [9.17, 15) is 8.42 Å². The van der Waals surface area contributed by atoms with Gasteiger partial charge in [-0.1, -0.05) is 6.07 Å². The predicted octanol–water partition coefficient (Wildman–Crippen LogP) is 0.833. The Kier molecular flexibility index (Phi) is 3.83. The van der Waals surface area contributed by atoms with Gasteiger partial charge in [0, 0.05) is 25.9 Å². The van der Waals surface area contributed by atoms with Gasteiger partial charge in [0.2, 0.25) is 0 Å². The number of anilines is 1. The molecule has 0 aliphatic carbocycles. The van der Waals surface area contributed by atoms with Crippen molar-refractivity contribution >= 4 is 21.5 Å². The molecule has 1 fully saturated rings. The highest BCUT2D eigenvalue weighted by atomic mass is 32.2. The van der Waals surface area contributed by atoms with Crippen LogP contribution in [-0.4, -0.2) is 44.1 Å². The van der Waals surface area contributed by atoms with E-state index < -0.39 is 10.0 Å². The van der Waals surface area contributed by atoms with Gasteiger partial charge in [-0.2, -0.15) is 0 Å². The zero-order chi connectivity index (χ0) is 14.9. The summed E-state index contributed by atoms with van der Waals surface area (Å²) < 4.78 is 35.0. The number of ether oxygens (including phenoxy) is 1. The van der Waals surface area contributed by atoms with Crippen molar-refractivity contribution in [1.29, 1.82) is 0 Å². The number of nitrogens with one attached hydrogen (secondary N) is 2. The van der Waals surface area contributed by atoms with Crippen LogP contribution < -0.4 is 10.0 Å². The van der Waals surface area contributed by atoms with Crippen molar-refractivity contribution in [3.05, 3.63) is 24.4 Å². The molecule has 1 unspecified atom stereocenters. The molecular formula is C13H18N4O3S. The summed E-state index contributed by atoms with van der Waals surface area (Å²) in [6, 6.07) is 5.17. The molecule has 7 nitrogen and oxygen atoms in total. The zero-order valence-electron chi connectivity index (χ0n) is 11.7. The zero-order valence-corrected chi connectivity index (χ0v) is 12.6. The van der Waals surface area contributed by atoms with E-state index in [0.29, 0.717) is 24.7 Å². The summed E-state index contributed by atoms with van der Waals surface area (Å²) in [6.45, 7) is 1.10. The van der Waals surface area contributed by atoms with Crippen molar-refractivity contribution in [1.82, 2.24) is 14.1 Å². The quantitative estimate of drug-likeness (QED) is 0.874. The van der Waals surface area contributed by atoms with Crippen molar-refractivity contribution in [3.63, 3.8) is 0 Å². The molecule has 1 saturated heterocycles. The maximum Gasteiger partial charge on any atom is 0.260 e. The van der Waals surface area contributed by atoms with Gasteiger partial charge >= 0.3 is 0 Å². The Labute approximate surface area is 123 Å². The van der Waals surface area contributed by atoms with Crippen LogP contribution in [0.1, 0.15) is 12.8 Å². The van der Waals surface area contributed by atoms with Gasteiger partial charge in [0.1, 0.15) is 5.65 Å². The van der Waals surface area contributed by atoms with Crippen molar-refractivity contribution in [3.8, 4) is 0 Å². The summed E-state index contributed by atoms with van der Waals surface area (Å²) in [5.41, 5.74) is 0.585. The molecule has 1 aliphatic rings. The molecule has 0 spiro atoms. The molecular weight excluding hydrogens is 292 g/mol. The maximum atomic E-state index is 12.7. The van der Waals surface area contributed by atoms with Gasteiger partial charge in [-0.25, -0.2) is 18.1 Å². The number of nitrogens with zero attached hydrogens (tertiary/aromatic N) is 2. The fourth-order valence-electron chi connectivity index (χ4n) is 2.50. The highest BCUT2D eigenvalue weighted by Gasteiger charge is 2.28. The number of fused-ring (bicyclic) bond motifs is 1. The summed E-state index contributed by atoms with van der Waals surface area (Å²) in [4.78, 5) is 4.29. The van der Waals surface area contributed by atoms with E-state index in [1.54, 1.807) is 29.8 Å². The molecule has 2 aromatic heterocycles. The summed E-state index contributed by atoms with van der Waals surface area (Å²) in [7, 11) is -2.02. The molecule has 2 aromatic rings. The molecule has 0 radical (unpaired) electrons. The Morgan fingerprint density at radius 1 is 1.43 bits per heavy atom. The molecule has 0 bridgehead atoms. The van der Waals surface area contributed by atoms with Crippen LogP contribution in [0.15, 0.2) is 29.4 Å². The van der Waals surface area contributed by atoms with E-state index in [1.807, 2.05) is 6.07 Å². The Morgan fingerprint density at radius 2 is 2.29 bits per heavy atom. The second-order valence-electron chi connectivity index (χ2n) is 4.98. The summed E-state index contributed by atoms with van der Waals surface area (Å²) in [5, 5.41) is 2.98. The van der Waals surface area contributed by atoms with E-state index in [0.717, 1.165) is 12.8 Å². The van der Waals surface area contributed by atoms with E-state index in [4.69, 9.17) is 4.74 Å². The van der Waals surface area contributed by atoms with E-state index in [1.165, 1.54) is 0 Å². The molecule has 21 heavy (non-hydrogen) atoms. The van der Waals surface area contributed by atoms with Crippen molar-refractivity contribution in [2.75, 3.05) is 25.6 Å². The number of hydrogen-bond donors (Lipinski definition) is 2. The third-order valence-electron chi connectivity index (χ3n) is 3.46. The molecule has 3 rings (SSSR count). The lowest BCUT2D eigenvalue weighted by molar-refractivity contribution is 0.0774. The summed E-state index contributed by atoms with van der Waals surface area (Å²) >= 11 is 0. The highest BCUT2D eigenvalue weighted by molar-refractivity contribution is 7.89. The molecule has 0 aromatic carbocycles. The summed E-state index contributed by atoms with van der Waals surface area (Å²) in [5.74, 6) is 0.338. The number of hydrogen-bond acceptors (Lipinski definition) is 5. The van der Waals surface area contributed by atoms with Crippen LogP contribution in [0.25, 0.3) is 5.65 Å². The number of rotatable bonds is 4. The number of sulfonamides is 1. The minimum Gasteiger partial charge on any atom is -0.380 e. The molecule has 8 heteroatoms. The third-order valence-corrected chi connectivity index (χ3v) is 5.00. The molecule has 0 saturated carbocycles. The van der Waals surface area contributed by atoms with Crippen LogP contribution in [0.3, 0.4) is 0 Å². The molecule has 1 atom stereocenters. The van der Waals surface area contributed by atoms with Crippen LogP contribution in [-0.2, 0) is 14.8 Å². The molecule has 3 heterocycles. The smallest absolute Gasteiger partial charge is 0.260 e. The van der Waals surface area contributed by atoms with E-state index in [2.05, 4.69) is 15.0 Å². The van der Waals surface area contributed by atoms with E-state index in [-0.39, 0.29) is 11.1 Å². The lowest BCUT2D eigenvalue weighted by Gasteiger charge is -2.23. The predicted molar refractivity (Wildman–Crippen MR) is 78.9 cm³/mol. The minimum atomic E-state index is -3.68. The fraction of sp³-hybridized carbons (Fsp3) is 0.462. The first-order chi connectivity index (χ1) is 10.1. The normalized spacial score (nSPS) is 19.8. The van der Waals surface area contributed by atoms with Crippen molar-refractivity contribution in [2.45, 2.75) is 23.9 Å². The van der Waals surface area contributed by atoms with Crippen LogP contribution >= 0.6 is 0 Å².